The lowest BCUT2D eigenvalue weighted by Gasteiger charge is -2.06. The Kier molecular flexibility index (Phi) is 3.72. The average molecular weight is 260 g/mol. The summed E-state index contributed by atoms with van der Waals surface area (Å²) in [6.07, 6.45) is 0. The topological polar surface area (TPSA) is 85.5 Å². The summed E-state index contributed by atoms with van der Waals surface area (Å²) in [5.74, 6) is 0.389. The molecule has 1 N–H and O–H groups in total. The Balaban J connectivity index is 2.31. The van der Waals surface area contributed by atoms with Crippen molar-refractivity contribution in [3.8, 4) is 11.6 Å². The predicted molar refractivity (Wildman–Crippen MR) is 68.1 cm³/mol. The number of nitro groups is 1. The van der Waals surface area contributed by atoms with Gasteiger partial charge < -0.3 is 9.84 Å². The van der Waals surface area contributed by atoms with Gasteiger partial charge in [0.05, 0.1) is 11.5 Å². The highest BCUT2D eigenvalue weighted by atomic mass is 16.6. The third-order valence-electron chi connectivity index (χ3n) is 2.50. The lowest BCUT2D eigenvalue weighted by atomic mass is 10.2. The molecule has 0 radical (unpaired) electrons. The number of aliphatic hydroxyl groups is 1. The Morgan fingerprint density at radius 3 is 2.53 bits per heavy atom. The van der Waals surface area contributed by atoms with E-state index in [0.717, 1.165) is 5.56 Å². The number of benzene rings is 1. The maximum atomic E-state index is 10.9. The molecule has 0 aliphatic rings. The number of nitrogens with zero attached hydrogens (tertiary/aromatic N) is 2. The standard InChI is InChI=1S/C13H12N2O4/c1-9-2-7-12(15(17)18)13(14-9)19-11-5-3-10(8-16)4-6-11/h2-7,16H,8H2,1H3. The van der Waals surface area contributed by atoms with Gasteiger partial charge in [-0.3, -0.25) is 10.1 Å². The van der Waals surface area contributed by atoms with Crippen LogP contribution in [0.25, 0.3) is 0 Å². The summed E-state index contributed by atoms with van der Waals surface area (Å²) >= 11 is 0. The molecule has 0 amide bonds. The van der Waals surface area contributed by atoms with Crippen molar-refractivity contribution in [2.24, 2.45) is 0 Å². The summed E-state index contributed by atoms with van der Waals surface area (Å²) in [5, 5.41) is 19.8. The van der Waals surface area contributed by atoms with Crippen LogP contribution >= 0.6 is 0 Å². The van der Waals surface area contributed by atoms with Crippen molar-refractivity contribution < 1.29 is 14.8 Å². The molecule has 19 heavy (non-hydrogen) atoms. The van der Waals surface area contributed by atoms with Gasteiger partial charge in [0.2, 0.25) is 0 Å². The molecule has 1 heterocycles. The molecule has 1 aromatic heterocycles. The molecule has 0 aliphatic carbocycles. The molecular weight excluding hydrogens is 248 g/mol. The molecule has 0 saturated carbocycles. The second-order valence-corrected chi connectivity index (χ2v) is 3.94. The zero-order valence-electron chi connectivity index (χ0n) is 10.2. The van der Waals surface area contributed by atoms with Gasteiger partial charge in [0, 0.05) is 11.8 Å². The van der Waals surface area contributed by atoms with Crippen molar-refractivity contribution in [1.29, 1.82) is 0 Å². The largest absolute Gasteiger partial charge is 0.434 e. The van der Waals surface area contributed by atoms with Gasteiger partial charge in [-0.1, -0.05) is 12.1 Å². The van der Waals surface area contributed by atoms with Crippen molar-refractivity contribution in [1.82, 2.24) is 4.98 Å². The third-order valence-corrected chi connectivity index (χ3v) is 2.50. The van der Waals surface area contributed by atoms with E-state index in [9.17, 15) is 10.1 Å². The van der Waals surface area contributed by atoms with Gasteiger partial charge >= 0.3 is 5.69 Å². The maximum absolute atomic E-state index is 10.9. The highest BCUT2D eigenvalue weighted by Crippen LogP contribution is 2.29. The van der Waals surface area contributed by atoms with E-state index in [-0.39, 0.29) is 18.2 Å². The van der Waals surface area contributed by atoms with Crippen molar-refractivity contribution in [3.05, 3.63) is 57.8 Å². The van der Waals surface area contributed by atoms with Crippen molar-refractivity contribution in [2.75, 3.05) is 0 Å². The fourth-order valence-electron chi connectivity index (χ4n) is 1.51. The summed E-state index contributed by atoms with van der Waals surface area (Å²) in [6, 6.07) is 9.52. The lowest BCUT2D eigenvalue weighted by Crippen LogP contribution is -1.97. The second-order valence-electron chi connectivity index (χ2n) is 3.94. The van der Waals surface area contributed by atoms with Crippen molar-refractivity contribution >= 4 is 5.69 Å². The van der Waals surface area contributed by atoms with E-state index in [4.69, 9.17) is 9.84 Å². The summed E-state index contributed by atoms with van der Waals surface area (Å²) in [7, 11) is 0. The van der Waals surface area contributed by atoms with E-state index in [0.29, 0.717) is 11.4 Å². The van der Waals surface area contributed by atoms with E-state index in [1.807, 2.05) is 0 Å². The Morgan fingerprint density at radius 1 is 1.26 bits per heavy atom. The van der Waals surface area contributed by atoms with Crippen LogP contribution in [-0.4, -0.2) is 15.0 Å². The van der Waals surface area contributed by atoms with E-state index in [2.05, 4.69) is 4.98 Å². The van der Waals surface area contributed by atoms with Crippen LogP contribution in [0.15, 0.2) is 36.4 Å². The average Bonchev–Trinajstić information content (AvgIpc) is 2.39. The molecule has 0 aliphatic heterocycles. The van der Waals surface area contributed by atoms with Crippen LogP contribution in [0, 0.1) is 17.0 Å². The minimum absolute atomic E-state index is 0.0400. The zero-order chi connectivity index (χ0) is 13.8. The molecule has 0 atom stereocenters. The first kappa shape index (κ1) is 13.0. The molecule has 2 aromatic rings. The van der Waals surface area contributed by atoms with Gasteiger partial charge in [0.15, 0.2) is 0 Å². The highest BCUT2D eigenvalue weighted by molar-refractivity contribution is 5.44. The van der Waals surface area contributed by atoms with Gasteiger partial charge in [-0.15, -0.1) is 0 Å². The van der Waals surface area contributed by atoms with Crippen LogP contribution in [0.5, 0.6) is 11.6 Å². The lowest BCUT2D eigenvalue weighted by molar-refractivity contribution is -0.386. The van der Waals surface area contributed by atoms with Crippen LogP contribution in [0.2, 0.25) is 0 Å². The quantitative estimate of drug-likeness (QED) is 0.674. The number of aromatic nitrogens is 1. The van der Waals surface area contributed by atoms with Gasteiger partial charge in [0.25, 0.3) is 5.88 Å². The number of pyridine rings is 1. The van der Waals surface area contributed by atoms with Crippen molar-refractivity contribution in [2.45, 2.75) is 13.5 Å². The molecule has 98 valence electrons. The van der Waals surface area contributed by atoms with Gasteiger partial charge in [-0.05, 0) is 30.7 Å². The normalized spacial score (nSPS) is 10.2. The molecule has 2 rings (SSSR count). The molecular formula is C13H12N2O4. The summed E-state index contributed by atoms with van der Waals surface area (Å²) in [4.78, 5) is 14.4. The summed E-state index contributed by atoms with van der Waals surface area (Å²) in [5.41, 5.74) is 1.18. The molecule has 0 bridgehead atoms. The first-order chi connectivity index (χ1) is 9.10. The minimum Gasteiger partial charge on any atom is -0.434 e. The zero-order valence-corrected chi connectivity index (χ0v) is 10.2. The maximum Gasteiger partial charge on any atom is 0.331 e. The fourth-order valence-corrected chi connectivity index (χ4v) is 1.51. The molecule has 1 aromatic carbocycles. The van der Waals surface area contributed by atoms with Crippen LogP contribution in [-0.2, 0) is 6.61 Å². The van der Waals surface area contributed by atoms with Gasteiger partial charge in [-0.25, -0.2) is 4.98 Å². The van der Waals surface area contributed by atoms with Crippen molar-refractivity contribution in [3.63, 3.8) is 0 Å². The monoisotopic (exact) mass is 260 g/mol. The Hall–Kier alpha value is -2.47. The fraction of sp³-hybridized carbons (Fsp3) is 0.154. The first-order valence-electron chi connectivity index (χ1n) is 5.60. The van der Waals surface area contributed by atoms with Crippen LogP contribution in [0.3, 0.4) is 0 Å². The molecule has 0 saturated heterocycles. The van der Waals surface area contributed by atoms with Crippen LogP contribution in [0.4, 0.5) is 5.69 Å². The van der Waals surface area contributed by atoms with Gasteiger partial charge in [0.1, 0.15) is 5.75 Å². The highest BCUT2D eigenvalue weighted by Gasteiger charge is 2.17. The summed E-state index contributed by atoms with van der Waals surface area (Å²) in [6.45, 7) is 1.66. The van der Waals surface area contributed by atoms with Crippen LogP contribution < -0.4 is 4.74 Å². The number of aliphatic hydroxyl groups excluding tert-OH is 1. The van der Waals surface area contributed by atoms with E-state index in [1.54, 1.807) is 37.3 Å². The SMILES string of the molecule is Cc1ccc([N+](=O)[O-])c(Oc2ccc(CO)cc2)n1. The van der Waals surface area contributed by atoms with E-state index in [1.165, 1.54) is 6.07 Å². The minimum atomic E-state index is -0.538. The number of ether oxygens (including phenoxy) is 1. The van der Waals surface area contributed by atoms with E-state index >= 15 is 0 Å². The number of aryl methyl sites for hydroxylation is 1. The predicted octanol–water partition coefficient (Wildman–Crippen LogP) is 2.58. The second kappa shape index (κ2) is 5.45. The molecule has 0 spiro atoms. The molecule has 0 fully saturated rings. The molecule has 0 unspecified atom stereocenters. The first-order valence-corrected chi connectivity index (χ1v) is 5.60. The number of hydrogen-bond donors (Lipinski definition) is 1. The molecule has 6 heteroatoms. The van der Waals surface area contributed by atoms with E-state index < -0.39 is 4.92 Å². The smallest absolute Gasteiger partial charge is 0.331 e. The molecule has 6 nitrogen and oxygen atoms in total. The number of rotatable bonds is 4. The Morgan fingerprint density at radius 2 is 1.95 bits per heavy atom. The van der Waals surface area contributed by atoms with Crippen LogP contribution in [0.1, 0.15) is 11.3 Å². The Bertz CT molecular complexity index is 596. The Labute approximate surface area is 109 Å². The number of hydrogen-bond acceptors (Lipinski definition) is 5. The third kappa shape index (κ3) is 3.05. The van der Waals surface area contributed by atoms with Gasteiger partial charge in [-0.2, -0.15) is 0 Å². The summed E-state index contributed by atoms with van der Waals surface area (Å²) < 4.78 is 5.42.